The van der Waals surface area contributed by atoms with Gasteiger partial charge in [0.2, 0.25) is 0 Å². The zero-order valence-electron chi connectivity index (χ0n) is 12.6. The van der Waals surface area contributed by atoms with Crippen LogP contribution in [0, 0.1) is 13.8 Å². The Hall–Kier alpha value is -2.75. The fraction of sp³-hybridized carbons (Fsp3) is 0.167. The van der Waals surface area contributed by atoms with Crippen molar-refractivity contribution in [3.63, 3.8) is 0 Å². The van der Waals surface area contributed by atoms with Crippen LogP contribution >= 0.6 is 0 Å². The summed E-state index contributed by atoms with van der Waals surface area (Å²) < 4.78 is 5.81. The zero-order chi connectivity index (χ0) is 15.7. The Morgan fingerprint density at radius 1 is 1.09 bits per heavy atom. The van der Waals surface area contributed by atoms with Crippen molar-refractivity contribution in [2.24, 2.45) is 0 Å². The molecule has 0 saturated carbocycles. The molecule has 1 aromatic heterocycles. The lowest BCUT2D eigenvalue weighted by atomic mass is 10.1. The molecule has 0 aliphatic heterocycles. The highest BCUT2D eigenvalue weighted by molar-refractivity contribution is 5.81. The number of anilines is 1. The Bertz CT molecular complexity index is 897. The maximum absolute atomic E-state index is 12.1. The van der Waals surface area contributed by atoms with Crippen molar-refractivity contribution in [3.8, 4) is 5.75 Å². The third-order valence-electron chi connectivity index (χ3n) is 3.62. The molecule has 0 amide bonds. The number of nitrogens with one attached hydrogen (secondary N) is 1. The van der Waals surface area contributed by atoms with Crippen molar-refractivity contribution < 1.29 is 4.74 Å². The van der Waals surface area contributed by atoms with E-state index < -0.39 is 0 Å². The highest BCUT2D eigenvalue weighted by atomic mass is 16.5. The average Bonchev–Trinajstić information content (AvgIpc) is 2.47. The lowest BCUT2D eigenvalue weighted by Gasteiger charge is -2.10. The highest BCUT2D eigenvalue weighted by Crippen LogP contribution is 2.20. The molecule has 0 saturated heterocycles. The van der Waals surface area contributed by atoms with E-state index in [0.29, 0.717) is 17.7 Å². The summed E-state index contributed by atoms with van der Waals surface area (Å²) in [5, 5.41) is 0.593. The van der Waals surface area contributed by atoms with Gasteiger partial charge in [0.1, 0.15) is 12.4 Å². The first-order valence-corrected chi connectivity index (χ1v) is 7.14. The van der Waals surface area contributed by atoms with Crippen molar-refractivity contribution in [3.05, 3.63) is 69.5 Å². The number of nitrogens with two attached hydrogens (primary N) is 1. The molecule has 3 N–H and O–H groups in total. The predicted octanol–water partition coefficient (Wildman–Crippen LogP) is 3.31. The predicted molar refractivity (Wildman–Crippen MR) is 89.2 cm³/mol. The van der Waals surface area contributed by atoms with Crippen LogP contribution in [0.15, 0.2) is 47.3 Å². The Kier molecular flexibility index (Phi) is 3.59. The van der Waals surface area contributed by atoms with Crippen LogP contribution in [0.1, 0.15) is 16.8 Å². The molecule has 22 heavy (non-hydrogen) atoms. The second-order valence-corrected chi connectivity index (χ2v) is 5.52. The summed E-state index contributed by atoms with van der Waals surface area (Å²) in [6, 6.07) is 12.9. The number of pyridine rings is 1. The van der Waals surface area contributed by atoms with Crippen LogP contribution in [0.25, 0.3) is 10.9 Å². The van der Waals surface area contributed by atoms with Crippen LogP contribution in [0.5, 0.6) is 5.75 Å². The number of ether oxygens (including phenoxy) is 1. The van der Waals surface area contributed by atoms with Gasteiger partial charge in [-0.3, -0.25) is 4.79 Å². The molecule has 0 radical (unpaired) electrons. The first-order valence-electron chi connectivity index (χ1n) is 7.14. The lowest BCUT2D eigenvalue weighted by Crippen LogP contribution is -2.08. The maximum atomic E-state index is 12.1. The molecule has 4 heteroatoms. The number of aromatic nitrogens is 1. The van der Waals surface area contributed by atoms with Gasteiger partial charge < -0.3 is 15.5 Å². The quantitative estimate of drug-likeness (QED) is 0.728. The molecule has 112 valence electrons. The van der Waals surface area contributed by atoms with Crippen molar-refractivity contribution in [2.75, 3.05) is 5.73 Å². The van der Waals surface area contributed by atoms with E-state index >= 15 is 0 Å². The van der Waals surface area contributed by atoms with Gasteiger partial charge in [0.25, 0.3) is 0 Å². The van der Waals surface area contributed by atoms with Crippen molar-refractivity contribution in [1.29, 1.82) is 0 Å². The number of fused-ring (bicyclic) bond motifs is 1. The summed E-state index contributed by atoms with van der Waals surface area (Å²) in [5.74, 6) is 0.823. The van der Waals surface area contributed by atoms with Gasteiger partial charge in [-0.25, -0.2) is 0 Å². The van der Waals surface area contributed by atoms with Gasteiger partial charge in [0, 0.05) is 22.7 Å². The molecule has 0 atom stereocenters. The molecule has 3 aromatic rings. The molecule has 1 heterocycles. The topological polar surface area (TPSA) is 68.1 Å². The van der Waals surface area contributed by atoms with Crippen LogP contribution in [0.4, 0.5) is 5.69 Å². The number of aryl methyl sites for hydroxylation is 2. The summed E-state index contributed by atoms with van der Waals surface area (Å²) in [4.78, 5) is 15.4. The number of hydrogen-bond acceptors (Lipinski definition) is 3. The standard InChI is InChI=1S/C18H18N2O2/c1-11-3-6-18(12(2)7-11)22-10-14-9-17(21)15-8-13(19)4-5-16(15)20-14/h3-9H,10,19H2,1-2H3,(H,20,21). The minimum Gasteiger partial charge on any atom is -0.487 e. The van der Waals surface area contributed by atoms with Gasteiger partial charge in [-0.2, -0.15) is 0 Å². The van der Waals surface area contributed by atoms with Crippen LogP contribution in [-0.4, -0.2) is 4.98 Å². The Balaban J connectivity index is 1.88. The van der Waals surface area contributed by atoms with Crippen LogP contribution in [0.3, 0.4) is 0 Å². The molecule has 2 aromatic carbocycles. The van der Waals surface area contributed by atoms with E-state index in [-0.39, 0.29) is 5.43 Å². The normalized spacial score (nSPS) is 10.8. The van der Waals surface area contributed by atoms with E-state index in [1.54, 1.807) is 18.2 Å². The van der Waals surface area contributed by atoms with Crippen LogP contribution in [-0.2, 0) is 6.61 Å². The Morgan fingerprint density at radius 3 is 2.68 bits per heavy atom. The smallest absolute Gasteiger partial charge is 0.189 e. The summed E-state index contributed by atoms with van der Waals surface area (Å²) in [6.07, 6.45) is 0. The largest absolute Gasteiger partial charge is 0.487 e. The molecular weight excluding hydrogens is 276 g/mol. The SMILES string of the molecule is Cc1ccc(OCc2cc(=O)c3cc(N)ccc3[nH]2)c(C)c1. The van der Waals surface area contributed by atoms with Gasteiger partial charge in [0.15, 0.2) is 5.43 Å². The van der Waals surface area contributed by atoms with E-state index in [1.807, 2.05) is 32.0 Å². The molecule has 4 nitrogen and oxygen atoms in total. The van der Waals surface area contributed by atoms with Gasteiger partial charge in [-0.05, 0) is 43.7 Å². The number of H-pyrrole nitrogens is 1. The summed E-state index contributed by atoms with van der Waals surface area (Å²) in [6.45, 7) is 4.37. The van der Waals surface area contributed by atoms with Crippen molar-refractivity contribution in [2.45, 2.75) is 20.5 Å². The van der Waals surface area contributed by atoms with E-state index in [9.17, 15) is 4.79 Å². The van der Waals surface area contributed by atoms with Crippen molar-refractivity contribution >= 4 is 16.6 Å². The first-order chi connectivity index (χ1) is 10.5. The number of aromatic amines is 1. The minimum absolute atomic E-state index is 0.0553. The first kappa shape index (κ1) is 14.2. The maximum Gasteiger partial charge on any atom is 0.189 e. The second-order valence-electron chi connectivity index (χ2n) is 5.52. The van der Waals surface area contributed by atoms with Gasteiger partial charge >= 0.3 is 0 Å². The summed E-state index contributed by atoms with van der Waals surface area (Å²) in [5.41, 5.74) is 10.0. The highest BCUT2D eigenvalue weighted by Gasteiger charge is 2.05. The van der Waals surface area contributed by atoms with E-state index in [2.05, 4.69) is 11.1 Å². The number of hydrogen-bond donors (Lipinski definition) is 2. The van der Waals surface area contributed by atoms with E-state index in [4.69, 9.17) is 10.5 Å². The number of nitrogen functional groups attached to an aromatic ring is 1. The second kappa shape index (κ2) is 5.56. The molecular formula is C18H18N2O2. The molecule has 0 bridgehead atoms. The lowest BCUT2D eigenvalue weighted by molar-refractivity contribution is 0.299. The van der Waals surface area contributed by atoms with E-state index in [0.717, 1.165) is 22.5 Å². The van der Waals surface area contributed by atoms with E-state index in [1.165, 1.54) is 5.56 Å². The molecule has 0 fully saturated rings. The molecule has 0 aliphatic carbocycles. The Labute approximate surface area is 128 Å². The van der Waals surface area contributed by atoms with Crippen molar-refractivity contribution in [1.82, 2.24) is 4.98 Å². The van der Waals surface area contributed by atoms with Gasteiger partial charge in [0.05, 0.1) is 5.69 Å². The fourth-order valence-electron chi connectivity index (χ4n) is 2.51. The monoisotopic (exact) mass is 294 g/mol. The van der Waals surface area contributed by atoms with Crippen LogP contribution in [0.2, 0.25) is 0 Å². The molecule has 0 unspecified atom stereocenters. The summed E-state index contributed by atoms with van der Waals surface area (Å²) >= 11 is 0. The molecule has 0 aliphatic rings. The Morgan fingerprint density at radius 2 is 1.91 bits per heavy atom. The summed E-state index contributed by atoms with van der Waals surface area (Å²) in [7, 11) is 0. The number of benzene rings is 2. The molecule has 0 spiro atoms. The molecule has 3 rings (SSSR count). The average molecular weight is 294 g/mol. The minimum atomic E-state index is -0.0553. The number of rotatable bonds is 3. The van der Waals surface area contributed by atoms with Gasteiger partial charge in [-0.15, -0.1) is 0 Å². The van der Waals surface area contributed by atoms with Crippen LogP contribution < -0.4 is 15.9 Å². The third-order valence-corrected chi connectivity index (χ3v) is 3.62. The zero-order valence-corrected chi connectivity index (χ0v) is 12.6. The third kappa shape index (κ3) is 2.81. The fourth-order valence-corrected chi connectivity index (χ4v) is 2.51. The van der Waals surface area contributed by atoms with Gasteiger partial charge in [-0.1, -0.05) is 17.7 Å².